The zero-order chi connectivity index (χ0) is 14.2. The van der Waals surface area contributed by atoms with Crippen molar-refractivity contribution < 1.29 is 4.74 Å². The van der Waals surface area contributed by atoms with Gasteiger partial charge in [-0.3, -0.25) is 0 Å². The zero-order valence-electron chi connectivity index (χ0n) is 11.7. The van der Waals surface area contributed by atoms with Gasteiger partial charge in [-0.25, -0.2) is 9.97 Å². The SMILES string of the molecule is CC1(C)CC(Nc2nc(Cl)nc3ccccc23)CCO1. The van der Waals surface area contributed by atoms with Crippen LogP contribution in [0.4, 0.5) is 5.82 Å². The highest BCUT2D eigenvalue weighted by molar-refractivity contribution is 6.28. The lowest BCUT2D eigenvalue weighted by Crippen LogP contribution is -2.40. The topological polar surface area (TPSA) is 47.0 Å². The van der Waals surface area contributed by atoms with Crippen LogP contribution in [-0.2, 0) is 4.74 Å². The molecule has 0 radical (unpaired) electrons. The number of aromatic nitrogens is 2. The van der Waals surface area contributed by atoms with Crippen molar-refractivity contribution in [2.24, 2.45) is 0 Å². The van der Waals surface area contributed by atoms with Crippen LogP contribution in [0.3, 0.4) is 0 Å². The van der Waals surface area contributed by atoms with Gasteiger partial charge in [0.15, 0.2) is 0 Å². The maximum Gasteiger partial charge on any atom is 0.224 e. The third kappa shape index (κ3) is 2.86. The van der Waals surface area contributed by atoms with Gasteiger partial charge in [-0.1, -0.05) is 12.1 Å². The molecule has 0 aliphatic carbocycles. The summed E-state index contributed by atoms with van der Waals surface area (Å²) in [5, 5.41) is 4.78. The lowest BCUT2D eigenvalue weighted by Gasteiger charge is -2.36. The predicted octanol–water partition coefficient (Wildman–Crippen LogP) is 3.65. The molecule has 1 aromatic carbocycles. The van der Waals surface area contributed by atoms with E-state index in [0.29, 0.717) is 6.04 Å². The van der Waals surface area contributed by atoms with Gasteiger partial charge in [-0.15, -0.1) is 0 Å². The van der Waals surface area contributed by atoms with Gasteiger partial charge in [0, 0.05) is 18.0 Å². The molecular weight excluding hydrogens is 274 g/mol. The van der Waals surface area contributed by atoms with Gasteiger partial charge in [-0.2, -0.15) is 0 Å². The Morgan fingerprint density at radius 2 is 2.10 bits per heavy atom. The second-order valence-corrected chi connectivity index (χ2v) is 6.14. The fourth-order valence-corrected chi connectivity index (χ4v) is 2.88. The van der Waals surface area contributed by atoms with E-state index in [2.05, 4.69) is 29.1 Å². The highest BCUT2D eigenvalue weighted by atomic mass is 35.5. The first kappa shape index (κ1) is 13.6. The van der Waals surface area contributed by atoms with Crippen LogP contribution in [0.1, 0.15) is 26.7 Å². The number of fused-ring (bicyclic) bond motifs is 1. The summed E-state index contributed by atoms with van der Waals surface area (Å²) < 4.78 is 5.75. The Kier molecular flexibility index (Phi) is 3.52. The smallest absolute Gasteiger partial charge is 0.224 e. The number of para-hydroxylation sites is 1. The minimum Gasteiger partial charge on any atom is -0.375 e. The van der Waals surface area contributed by atoms with Crippen LogP contribution in [0, 0.1) is 0 Å². The maximum atomic E-state index is 6.01. The number of halogens is 1. The molecule has 0 spiro atoms. The molecule has 1 aromatic heterocycles. The summed E-state index contributed by atoms with van der Waals surface area (Å²) in [6, 6.07) is 8.24. The van der Waals surface area contributed by atoms with E-state index in [9.17, 15) is 0 Å². The number of nitrogens with one attached hydrogen (secondary N) is 1. The molecule has 1 atom stereocenters. The number of nitrogens with zero attached hydrogens (tertiary/aromatic N) is 2. The molecule has 0 amide bonds. The van der Waals surface area contributed by atoms with Crippen molar-refractivity contribution in [2.75, 3.05) is 11.9 Å². The van der Waals surface area contributed by atoms with Gasteiger partial charge in [0.2, 0.25) is 5.28 Å². The molecule has 4 nitrogen and oxygen atoms in total. The Bertz CT molecular complexity index is 630. The minimum atomic E-state index is -0.0947. The predicted molar refractivity (Wildman–Crippen MR) is 81.2 cm³/mol. The number of ether oxygens (including phenoxy) is 1. The van der Waals surface area contributed by atoms with E-state index in [1.165, 1.54) is 0 Å². The first-order chi connectivity index (χ1) is 9.53. The summed E-state index contributed by atoms with van der Waals surface area (Å²) in [7, 11) is 0. The average molecular weight is 292 g/mol. The number of hydrogen-bond acceptors (Lipinski definition) is 4. The summed E-state index contributed by atoms with van der Waals surface area (Å²) in [5.41, 5.74) is 0.768. The molecule has 106 valence electrons. The van der Waals surface area contributed by atoms with Crippen LogP contribution in [0.25, 0.3) is 10.9 Å². The van der Waals surface area contributed by atoms with Gasteiger partial charge >= 0.3 is 0 Å². The van der Waals surface area contributed by atoms with Crippen molar-refractivity contribution in [1.29, 1.82) is 0 Å². The number of hydrogen-bond donors (Lipinski definition) is 1. The number of anilines is 1. The van der Waals surface area contributed by atoms with E-state index in [-0.39, 0.29) is 10.9 Å². The van der Waals surface area contributed by atoms with E-state index in [0.717, 1.165) is 36.2 Å². The summed E-state index contributed by atoms with van der Waals surface area (Å²) in [4.78, 5) is 8.59. The van der Waals surface area contributed by atoms with Crippen molar-refractivity contribution in [3.63, 3.8) is 0 Å². The number of rotatable bonds is 2. The maximum absolute atomic E-state index is 6.01. The van der Waals surface area contributed by atoms with Crippen LogP contribution in [0.5, 0.6) is 0 Å². The molecule has 1 fully saturated rings. The Morgan fingerprint density at radius 1 is 1.30 bits per heavy atom. The highest BCUT2D eigenvalue weighted by Crippen LogP contribution is 2.28. The summed E-state index contributed by atoms with van der Waals surface area (Å²) >= 11 is 6.01. The van der Waals surface area contributed by atoms with E-state index < -0.39 is 0 Å². The molecule has 1 aliphatic heterocycles. The Hall–Kier alpha value is -1.39. The van der Waals surface area contributed by atoms with Crippen molar-refractivity contribution >= 4 is 28.3 Å². The highest BCUT2D eigenvalue weighted by Gasteiger charge is 2.29. The third-order valence-corrected chi connectivity index (χ3v) is 3.78. The molecule has 0 saturated carbocycles. The fraction of sp³-hybridized carbons (Fsp3) is 0.467. The monoisotopic (exact) mass is 291 g/mol. The fourth-order valence-electron chi connectivity index (χ4n) is 2.71. The molecule has 3 rings (SSSR count). The normalized spacial score (nSPS) is 21.9. The molecule has 1 aliphatic rings. The second-order valence-electron chi connectivity index (χ2n) is 5.80. The molecule has 1 N–H and O–H groups in total. The van der Waals surface area contributed by atoms with Crippen molar-refractivity contribution in [3.8, 4) is 0 Å². The third-order valence-electron chi connectivity index (χ3n) is 3.61. The molecule has 1 saturated heterocycles. The molecular formula is C15H18ClN3O. The van der Waals surface area contributed by atoms with Crippen molar-refractivity contribution in [3.05, 3.63) is 29.5 Å². The summed E-state index contributed by atoms with van der Waals surface area (Å²) in [6.45, 7) is 5.00. The van der Waals surface area contributed by atoms with Gasteiger partial charge in [0.1, 0.15) is 5.82 Å². The molecule has 2 aromatic rings. The van der Waals surface area contributed by atoms with Gasteiger partial charge in [0.05, 0.1) is 11.1 Å². The van der Waals surface area contributed by atoms with Crippen LogP contribution >= 0.6 is 11.6 Å². The summed E-state index contributed by atoms with van der Waals surface area (Å²) in [5.74, 6) is 0.809. The largest absolute Gasteiger partial charge is 0.375 e. The van der Waals surface area contributed by atoms with E-state index in [1.807, 2.05) is 24.3 Å². The second kappa shape index (κ2) is 5.19. The molecule has 20 heavy (non-hydrogen) atoms. The van der Waals surface area contributed by atoms with E-state index in [4.69, 9.17) is 16.3 Å². The van der Waals surface area contributed by atoms with Crippen LogP contribution in [0.2, 0.25) is 5.28 Å². The van der Waals surface area contributed by atoms with E-state index in [1.54, 1.807) is 0 Å². The van der Waals surface area contributed by atoms with Gasteiger partial charge < -0.3 is 10.1 Å². The first-order valence-corrected chi connectivity index (χ1v) is 7.24. The van der Waals surface area contributed by atoms with Crippen LogP contribution < -0.4 is 5.32 Å². The standard InChI is InChI=1S/C15H18ClN3O/c1-15(2)9-10(7-8-20-15)17-13-11-5-3-4-6-12(11)18-14(16)19-13/h3-6,10H,7-9H2,1-2H3,(H,17,18,19). The Morgan fingerprint density at radius 3 is 2.90 bits per heavy atom. The molecule has 5 heteroatoms. The zero-order valence-corrected chi connectivity index (χ0v) is 12.4. The van der Waals surface area contributed by atoms with Crippen molar-refractivity contribution in [2.45, 2.75) is 38.3 Å². The van der Waals surface area contributed by atoms with Crippen molar-refractivity contribution in [1.82, 2.24) is 9.97 Å². The lowest BCUT2D eigenvalue weighted by molar-refractivity contribution is -0.0553. The minimum absolute atomic E-state index is 0.0947. The lowest BCUT2D eigenvalue weighted by atomic mass is 9.94. The Balaban J connectivity index is 1.90. The number of benzene rings is 1. The first-order valence-electron chi connectivity index (χ1n) is 6.86. The van der Waals surface area contributed by atoms with Crippen LogP contribution in [-0.4, -0.2) is 28.2 Å². The molecule has 2 heterocycles. The van der Waals surface area contributed by atoms with Gasteiger partial charge in [-0.05, 0) is 50.4 Å². The summed E-state index contributed by atoms with van der Waals surface area (Å²) in [6.07, 6.45) is 1.92. The Labute approximate surface area is 123 Å². The van der Waals surface area contributed by atoms with Gasteiger partial charge in [0.25, 0.3) is 0 Å². The molecule has 0 bridgehead atoms. The average Bonchev–Trinajstić information content (AvgIpc) is 2.37. The van der Waals surface area contributed by atoms with Crippen LogP contribution in [0.15, 0.2) is 24.3 Å². The quantitative estimate of drug-likeness (QED) is 0.858. The molecule has 1 unspecified atom stereocenters. The van der Waals surface area contributed by atoms with E-state index >= 15 is 0 Å².